The molecule has 17 heavy (non-hydrogen) atoms. The Morgan fingerprint density at radius 3 is 2.41 bits per heavy atom. The largest absolute Gasteiger partial charge is 0.451 e. The molecule has 0 aromatic heterocycles. The van der Waals surface area contributed by atoms with Crippen LogP contribution < -0.4 is 0 Å². The fourth-order valence-corrected chi connectivity index (χ4v) is 1.75. The molecule has 0 unspecified atom stereocenters. The Morgan fingerprint density at radius 2 is 1.88 bits per heavy atom. The summed E-state index contributed by atoms with van der Waals surface area (Å²) in [6, 6.07) is 5.17. The Morgan fingerprint density at radius 1 is 1.29 bits per heavy atom. The lowest BCUT2D eigenvalue weighted by Crippen LogP contribution is -2.36. The molecule has 0 atom stereocenters. The summed E-state index contributed by atoms with van der Waals surface area (Å²) in [6.45, 7) is 6.24. The van der Waals surface area contributed by atoms with E-state index in [1.807, 2.05) is 13.0 Å². The van der Waals surface area contributed by atoms with Crippen LogP contribution in [-0.2, 0) is 9.53 Å². The van der Waals surface area contributed by atoms with Gasteiger partial charge in [0.2, 0.25) is 5.78 Å². The third kappa shape index (κ3) is 3.30. The molecule has 0 aliphatic carbocycles. The van der Waals surface area contributed by atoms with E-state index in [1.165, 1.54) is 6.92 Å². The van der Waals surface area contributed by atoms with Gasteiger partial charge in [0.05, 0.1) is 5.02 Å². The van der Waals surface area contributed by atoms with E-state index in [4.69, 9.17) is 16.3 Å². The number of halogens is 1. The van der Waals surface area contributed by atoms with Gasteiger partial charge in [0.25, 0.3) is 0 Å². The van der Waals surface area contributed by atoms with Crippen molar-refractivity contribution in [3.63, 3.8) is 0 Å². The summed E-state index contributed by atoms with van der Waals surface area (Å²) in [4.78, 5) is 23.2. The van der Waals surface area contributed by atoms with Crippen LogP contribution in [0, 0.1) is 6.92 Å². The molecule has 1 aromatic carbocycles. The lowest BCUT2D eigenvalue weighted by Gasteiger charge is -2.23. The SMILES string of the molecule is CC(=O)OC(C)(C)C(=O)c1cc(C)ccc1Cl. The number of hydrogen-bond donors (Lipinski definition) is 0. The van der Waals surface area contributed by atoms with Gasteiger partial charge in [-0.1, -0.05) is 23.2 Å². The second-order valence-corrected chi connectivity index (χ2v) is 4.82. The predicted octanol–water partition coefficient (Wildman–Crippen LogP) is 3.17. The summed E-state index contributed by atoms with van der Waals surface area (Å²) in [5, 5.41) is 0.362. The quantitative estimate of drug-likeness (QED) is 0.615. The second-order valence-electron chi connectivity index (χ2n) is 4.42. The zero-order valence-electron chi connectivity index (χ0n) is 10.3. The van der Waals surface area contributed by atoms with Crippen molar-refractivity contribution in [2.24, 2.45) is 0 Å². The summed E-state index contributed by atoms with van der Waals surface area (Å²) in [6.07, 6.45) is 0. The van der Waals surface area contributed by atoms with Crippen LogP contribution in [0.15, 0.2) is 18.2 Å². The molecular formula is C13H15ClO3. The van der Waals surface area contributed by atoms with Crippen molar-refractivity contribution in [3.8, 4) is 0 Å². The number of aryl methyl sites for hydroxylation is 1. The molecule has 0 N–H and O–H groups in total. The minimum Gasteiger partial charge on any atom is -0.451 e. The molecule has 3 nitrogen and oxygen atoms in total. The Balaban J connectivity index is 3.11. The highest BCUT2D eigenvalue weighted by Gasteiger charge is 2.33. The average molecular weight is 255 g/mol. The highest BCUT2D eigenvalue weighted by Crippen LogP contribution is 2.24. The van der Waals surface area contributed by atoms with Crippen LogP contribution >= 0.6 is 11.6 Å². The fourth-order valence-electron chi connectivity index (χ4n) is 1.54. The highest BCUT2D eigenvalue weighted by molar-refractivity contribution is 6.34. The zero-order valence-corrected chi connectivity index (χ0v) is 11.1. The van der Waals surface area contributed by atoms with E-state index in [9.17, 15) is 9.59 Å². The normalized spacial score (nSPS) is 11.1. The van der Waals surface area contributed by atoms with Crippen LogP contribution in [-0.4, -0.2) is 17.4 Å². The Kier molecular flexibility index (Phi) is 3.94. The summed E-state index contributed by atoms with van der Waals surface area (Å²) < 4.78 is 5.00. The monoisotopic (exact) mass is 254 g/mol. The van der Waals surface area contributed by atoms with Crippen molar-refractivity contribution < 1.29 is 14.3 Å². The van der Waals surface area contributed by atoms with Gasteiger partial charge < -0.3 is 4.74 Å². The molecule has 0 radical (unpaired) electrons. The molecule has 0 aliphatic rings. The average Bonchev–Trinajstić information content (AvgIpc) is 2.18. The van der Waals surface area contributed by atoms with Crippen molar-refractivity contribution >= 4 is 23.4 Å². The molecule has 0 bridgehead atoms. The molecule has 0 spiro atoms. The number of rotatable bonds is 3. The first-order chi connectivity index (χ1) is 7.74. The second kappa shape index (κ2) is 4.88. The van der Waals surface area contributed by atoms with Crippen molar-refractivity contribution in [1.82, 2.24) is 0 Å². The molecule has 0 saturated heterocycles. The molecule has 1 aromatic rings. The van der Waals surface area contributed by atoms with Crippen LogP contribution in [0.25, 0.3) is 0 Å². The van der Waals surface area contributed by atoms with Crippen molar-refractivity contribution in [2.45, 2.75) is 33.3 Å². The third-order valence-electron chi connectivity index (χ3n) is 2.31. The first-order valence-corrected chi connectivity index (χ1v) is 5.62. The lowest BCUT2D eigenvalue weighted by molar-refractivity contribution is -0.149. The van der Waals surface area contributed by atoms with E-state index in [1.54, 1.807) is 26.0 Å². The fraction of sp³-hybridized carbons (Fsp3) is 0.385. The Labute approximate surface area is 106 Å². The first-order valence-electron chi connectivity index (χ1n) is 5.24. The molecule has 1 rings (SSSR count). The number of esters is 1. The molecule has 0 heterocycles. The number of ether oxygens (including phenoxy) is 1. The maximum Gasteiger partial charge on any atom is 0.303 e. The number of benzene rings is 1. The Bertz CT molecular complexity index is 464. The first kappa shape index (κ1) is 13.7. The molecule has 0 aliphatic heterocycles. The zero-order chi connectivity index (χ0) is 13.2. The summed E-state index contributed by atoms with van der Waals surface area (Å²) >= 11 is 5.97. The van der Waals surface area contributed by atoms with E-state index >= 15 is 0 Å². The van der Waals surface area contributed by atoms with Gasteiger partial charge in [-0.05, 0) is 32.9 Å². The number of ketones is 1. The third-order valence-corrected chi connectivity index (χ3v) is 2.64. The summed E-state index contributed by atoms with van der Waals surface area (Å²) in [7, 11) is 0. The highest BCUT2D eigenvalue weighted by atomic mass is 35.5. The lowest BCUT2D eigenvalue weighted by atomic mass is 9.95. The molecule has 0 saturated carbocycles. The Hall–Kier alpha value is -1.35. The minimum atomic E-state index is -1.21. The summed E-state index contributed by atoms with van der Waals surface area (Å²) in [5.41, 5.74) is 0.0952. The molecular weight excluding hydrogens is 240 g/mol. The van der Waals surface area contributed by atoms with Crippen LogP contribution in [0.5, 0.6) is 0 Å². The standard InChI is InChI=1S/C13H15ClO3/c1-8-5-6-11(14)10(7-8)12(16)13(3,4)17-9(2)15/h5-7H,1-4H3. The minimum absolute atomic E-state index is 0.304. The number of carbonyl (C=O) groups is 2. The van der Waals surface area contributed by atoms with Crippen molar-refractivity contribution in [1.29, 1.82) is 0 Å². The van der Waals surface area contributed by atoms with Gasteiger partial charge in [-0.3, -0.25) is 9.59 Å². The topological polar surface area (TPSA) is 43.4 Å². The van der Waals surface area contributed by atoms with E-state index in [0.717, 1.165) is 5.56 Å². The summed E-state index contributed by atoms with van der Waals surface area (Å²) in [5.74, 6) is -0.798. The van der Waals surface area contributed by atoms with E-state index in [0.29, 0.717) is 10.6 Å². The van der Waals surface area contributed by atoms with Gasteiger partial charge in [0.15, 0.2) is 5.60 Å². The van der Waals surface area contributed by atoms with Crippen LogP contribution in [0.4, 0.5) is 0 Å². The number of Topliss-reactive ketones (excluding diaryl/α,β-unsaturated/α-hetero) is 1. The van der Waals surface area contributed by atoms with Crippen molar-refractivity contribution in [3.05, 3.63) is 34.3 Å². The van der Waals surface area contributed by atoms with E-state index < -0.39 is 11.6 Å². The van der Waals surface area contributed by atoms with Crippen LogP contribution in [0.1, 0.15) is 36.7 Å². The maximum atomic E-state index is 12.2. The van der Waals surface area contributed by atoms with E-state index in [2.05, 4.69) is 0 Å². The van der Waals surface area contributed by atoms with Gasteiger partial charge in [-0.15, -0.1) is 0 Å². The van der Waals surface area contributed by atoms with Crippen LogP contribution in [0.3, 0.4) is 0 Å². The van der Waals surface area contributed by atoms with Crippen molar-refractivity contribution in [2.75, 3.05) is 0 Å². The van der Waals surface area contributed by atoms with Crippen LogP contribution in [0.2, 0.25) is 5.02 Å². The van der Waals surface area contributed by atoms with Gasteiger partial charge in [0.1, 0.15) is 0 Å². The van der Waals surface area contributed by atoms with Gasteiger partial charge >= 0.3 is 5.97 Å². The molecule has 0 fully saturated rings. The molecule has 4 heteroatoms. The molecule has 0 amide bonds. The van der Waals surface area contributed by atoms with Gasteiger partial charge in [-0.25, -0.2) is 0 Å². The maximum absolute atomic E-state index is 12.2. The van der Waals surface area contributed by atoms with E-state index in [-0.39, 0.29) is 5.78 Å². The number of carbonyl (C=O) groups excluding carboxylic acids is 2. The number of hydrogen-bond acceptors (Lipinski definition) is 3. The predicted molar refractivity (Wildman–Crippen MR) is 66.4 cm³/mol. The smallest absolute Gasteiger partial charge is 0.303 e. The molecule has 92 valence electrons. The van der Waals surface area contributed by atoms with Gasteiger partial charge in [0, 0.05) is 12.5 Å². The van der Waals surface area contributed by atoms with Gasteiger partial charge in [-0.2, -0.15) is 0 Å².